The summed E-state index contributed by atoms with van der Waals surface area (Å²) >= 11 is 0. The van der Waals surface area contributed by atoms with Crippen LogP contribution in [0.5, 0.6) is 0 Å². The van der Waals surface area contributed by atoms with Crippen LogP contribution in [0.2, 0.25) is 0 Å². The smallest absolute Gasteiger partial charge is 0.335 e. The first-order valence-corrected chi connectivity index (χ1v) is 9.25. The molecule has 0 radical (unpaired) electrons. The van der Waals surface area contributed by atoms with Gasteiger partial charge in [0.05, 0.1) is 7.11 Å². The van der Waals surface area contributed by atoms with Gasteiger partial charge in [0, 0.05) is 26.2 Å². The maximum absolute atomic E-state index is 11.8. The van der Waals surface area contributed by atoms with Crippen molar-refractivity contribution in [3.8, 4) is 12.3 Å². The van der Waals surface area contributed by atoms with Crippen molar-refractivity contribution in [1.82, 2.24) is 0 Å². The van der Waals surface area contributed by atoms with E-state index in [4.69, 9.17) is 25.4 Å². The second-order valence-corrected chi connectivity index (χ2v) is 6.53. The molecule has 0 aromatic heterocycles. The van der Waals surface area contributed by atoms with E-state index in [9.17, 15) is 9.59 Å². The molecule has 0 bridgehead atoms. The normalized spacial score (nSPS) is 23.3. The van der Waals surface area contributed by atoms with Crippen molar-refractivity contribution < 1.29 is 28.5 Å². The molecule has 0 N–H and O–H groups in total. The lowest BCUT2D eigenvalue weighted by Gasteiger charge is -2.33. The lowest BCUT2D eigenvalue weighted by molar-refractivity contribution is -0.215. The van der Waals surface area contributed by atoms with Crippen molar-refractivity contribution in [3.05, 3.63) is 24.5 Å². The van der Waals surface area contributed by atoms with Gasteiger partial charge in [-0.05, 0) is 24.8 Å². The monoisotopic (exact) mass is 378 g/mol. The summed E-state index contributed by atoms with van der Waals surface area (Å²) < 4.78 is 21.2. The molecule has 0 aromatic carbocycles. The fourth-order valence-corrected chi connectivity index (χ4v) is 2.91. The molecule has 1 unspecified atom stereocenters. The van der Waals surface area contributed by atoms with Crippen LogP contribution in [0.3, 0.4) is 0 Å². The molecule has 0 aromatic rings. The summed E-state index contributed by atoms with van der Waals surface area (Å²) in [7, 11) is 1.28. The number of carbonyl (C=O) groups excluding carboxylic acids is 2. The minimum atomic E-state index is -0.844. The van der Waals surface area contributed by atoms with Gasteiger partial charge in [0.25, 0.3) is 0 Å². The average Bonchev–Trinajstić information content (AvgIpc) is 2.62. The number of hydrogen-bond donors (Lipinski definition) is 0. The van der Waals surface area contributed by atoms with Crippen LogP contribution in [0.15, 0.2) is 24.5 Å². The Bertz CT molecular complexity index is 574. The Kier molecular flexibility index (Phi) is 10.3. The highest BCUT2D eigenvalue weighted by atomic mass is 16.7. The van der Waals surface area contributed by atoms with Crippen molar-refractivity contribution in [1.29, 1.82) is 0 Å². The van der Waals surface area contributed by atoms with Crippen molar-refractivity contribution in [2.24, 2.45) is 5.92 Å². The molecular formula is C21H30O6. The molecule has 0 saturated carbocycles. The summed E-state index contributed by atoms with van der Waals surface area (Å²) in [6.45, 7) is 7.31. The Morgan fingerprint density at radius 3 is 2.70 bits per heavy atom. The molecule has 1 aliphatic rings. The molecule has 1 fully saturated rings. The first-order valence-electron chi connectivity index (χ1n) is 9.25. The predicted molar refractivity (Wildman–Crippen MR) is 101 cm³/mol. The fourth-order valence-electron chi connectivity index (χ4n) is 2.91. The SMILES string of the molecule is C#CCC(CC)CC/C=C\C(=C)O[C@H]1C[C@@H](OC(C)=O)C[C@@H](C(=O)OC)O1. The molecule has 0 amide bonds. The minimum Gasteiger partial charge on any atom is -0.467 e. The van der Waals surface area contributed by atoms with Gasteiger partial charge >= 0.3 is 11.9 Å². The van der Waals surface area contributed by atoms with Crippen LogP contribution in [-0.2, 0) is 28.5 Å². The maximum atomic E-state index is 11.8. The van der Waals surface area contributed by atoms with Crippen molar-refractivity contribution >= 4 is 11.9 Å². The summed E-state index contributed by atoms with van der Waals surface area (Å²) in [5.74, 6) is 2.69. The average molecular weight is 378 g/mol. The second kappa shape index (κ2) is 12.2. The van der Waals surface area contributed by atoms with Gasteiger partial charge in [0.2, 0.25) is 6.29 Å². The Labute approximate surface area is 161 Å². The molecule has 1 rings (SSSR count). The zero-order chi connectivity index (χ0) is 20.2. The quantitative estimate of drug-likeness (QED) is 0.251. The van der Waals surface area contributed by atoms with E-state index in [2.05, 4.69) is 19.4 Å². The lowest BCUT2D eigenvalue weighted by atomic mass is 9.97. The van der Waals surface area contributed by atoms with E-state index in [1.54, 1.807) is 6.08 Å². The summed E-state index contributed by atoms with van der Waals surface area (Å²) in [5.41, 5.74) is 0. The zero-order valence-electron chi connectivity index (χ0n) is 16.4. The van der Waals surface area contributed by atoms with Gasteiger partial charge < -0.3 is 18.9 Å². The van der Waals surface area contributed by atoms with Crippen LogP contribution in [-0.4, -0.2) is 37.5 Å². The van der Waals surface area contributed by atoms with Gasteiger partial charge in [-0.25, -0.2) is 4.79 Å². The van der Waals surface area contributed by atoms with E-state index in [-0.39, 0.29) is 6.42 Å². The van der Waals surface area contributed by atoms with Crippen molar-refractivity contribution in [2.75, 3.05) is 7.11 Å². The Balaban J connectivity index is 2.54. The highest BCUT2D eigenvalue weighted by Crippen LogP contribution is 2.25. The third-order valence-electron chi connectivity index (χ3n) is 4.36. The summed E-state index contributed by atoms with van der Waals surface area (Å²) in [4.78, 5) is 23.0. The van der Waals surface area contributed by atoms with Gasteiger partial charge in [0.15, 0.2) is 6.10 Å². The van der Waals surface area contributed by atoms with Crippen LogP contribution in [0.4, 0.5) is 0 Å². The number of rotatable bonds is 10. The van der Waals surface area contributed by atoms with E-state index in [0.29, 0.717) is 18.1 Å². The topological polar surface area (TPSA) is 71.1 Å². The Morgan fingerprint density at radius 2 is 2.11 bits per heavy atom. The number of methoxy groups -OCH3 is 1. The van der Waals surface area contributed by atoms with E-state index in [1.807, 2.05) is 6.08 Å². The molecule has 1 aliphatic heterocycles. The number of carbonyl (C=O) groups is 2. The largest absolute Gasteiger partial charge is 0.467 e. The second-order valence-electron chi connectivity index (χ2n) is 6.53. The van der Waals surface area contributed by atoms with E-state index in [0.717, 1.165) is 25.7 Å². The van der Waals surface area contributed by atoms with Gasteiger partial charge in [-0.2, -0.15) is 0 Å². The van der Waals surface area contributed by atoms with Crippen LogP contribution in [0.25, 0.3) is 0 Å². The van der Waals surface area contributed by atoms with Crippen molar-refractivity contribution in [3.63, 3.8) is 0 Å². The van der Waals surface area contributed by atoms with Gasteiger partial charge in [-0.1, -0.05) is 26.0 Å². The minimum absolute atomic E-state index is 0.238. The molecule has 150 valence electrons. The molecule has 6 heteroatoms. The summed E-state index contributed by atoms with van der Waals surface area (Å²) in [6, 6.07) is 0. The number of esters is 2. The molecule has 4 atom stereocenters. The zero-order valence-corrected chi connectivity index (χ0v) is 16.4. The van der Waals surface area contributed by atoms with E-state index in [1.165, 1.54) is 14.0 Å². The molecule has 0 aliphatic carbocycles. The molecular weight excluding hydrogens is 348 g/mol. The number of allylic oxidation sites excluding steroid dienone is 2. The fraction of sp³-hybridized carbons (Fsp3) is 0.619. The maximum Gasteiger partial charge on any atom is 0.335 e. The predicted octanol–water partition coefficient (Wildman–Crippen LogP) is 3.51. The number of terminal acetylenes is 1. The molecule has 27 heavy (non-hydrogen) atoms. The third kappa shape index (κ3) is 8.78. The Hall–Kier alpha value is -2.26. The molecule has 1 saturated heterocycles. The van der Waals surface area contributed by atoms with Gasteiger partial charge in [-0.15, -0.1) is 12.3 Å². The van der Waals surface area contributed by atoms with Crippen LogP contribution in [0, 0.1) is 18.3 Å². The number of ether oxygens (including phenoxy) is 4. The first kappa shape index (κ1) is 22.8. The van der Waals surface area contributed by atoms with Crippen LogP contribution in [0.1, 0.15) is 52.4 Å². The van der Waals surface area contributed by atoms with Gasteiger partial charge in [-0.3, -0.25) is 4.79 Å². The van der Waals surface area contributed by atoms with E-state index >= 15 is 0 Å². The van der Waals surface area contributed by atoms with Crippen molar-refractivity contribution in [2.45, 2.75) is 70.9 Å². The molecule has 6 nitrogen and oxygen atoms in total. The molecule has 1 heterocycles. The lowest BCUT2D eigenvalue weighted by Crippen LogP contribution is -2.43. The third-order valence-corrected chi connectivity index (χ3v) is 4.36. The van der Waals surface area contributed by atoms with Crippen LogP contribution >= 0.6 is 0 Å². The molecule has 0 spiro atoms. The number of hydrogen-bond acceptors (Lipinski definition) is 6. The summed E-state index contributed by atoms with van der Waals surface area (Å²) in [5, 5.41) is 0. The van der Waals surface area contributed by atoms with E-state index < -0.39 is 30.4 Å². The first-order chi connectivity index (χ1) is 12.9. The summed E-state index contributed by atoms with van der Waals surface area (Å²) in [6.07, 6.45) is 11.3. The standard InChI is InChI=1S/C21H30O6/c1-6-10-17(7-2)12-9-8-11-15(3)25-20-14-18(26-16(4)22)13-19(27-20)21(23)24-5/h1,8,11,17-20H,3,7,9-10,12-14H2,2,4-5H3/b11-8-/t17?,18-,19-,20+/m0/s1. The van der Waals surface area contributed by atoms with Gasteiger partial charge in [0.1, 0.15) is 11.9 Å². The Morgan fingerprint density at radius 1 is 1.37 bits per heavy atom. The highest BCUT2D eigenvalue weighted by Gasteiger charge is 2.37. The van der Waals surface area contributed by atoms with Crippen LogP contribution < -0.4 is 0 Å². The highest BCUT2D eigenvalue weighted by molar-refractivity contribution is 5.74.